The highest BCUT2D eigenvalue weighted by Gasteiger charge is 2.17. The van der Waals surface area contributed by atoms with E-state index in [0.29, 0.717) is 12.4 Å². The summed E-state index contributed by atoms with van der Waals surface area (Å²) in [6, 6.07) is 2.64. The third-order valence-corrected chi connectivity index (χ3v) is 3.65. The highest BCUT2D eigenvalue weighted by Crippen LogP contribution is 2.24. The summed E-state index contributed by atoms with van der Waals surface area (Å²) in [5.41, 5.74) is 0. The van der Waals surface area contributed by atoms with Crippen LogP contribution in [-0.4, -0.2) is 31.1 Å². The van der Waals surface area contributed by atoms with Crippen LogP contribution in [0.1, 0.15) is 35.3 Å². The zero-order valence-electron chi connectivity index (χ0n) is 11.3. The van der Waals surface area contributed by atoms with Crippen LogP contribution in [0.25, 0.3) is 0 Å². The van der Waals surface area contributed by atoms with E-state index in [0.717, 1.165) is 24.2 Å². The van der Waals surface area contributed by atoms with E-state index in [1.54, 1.807) is 4.68 Å². The first-order valence-electron chi connectivity index (χ1n) is 6.28. The molecule has 0 atom stereocenters. The number of thiophene rings is 1. The molecule has 112 valence electrons. The second kappa shape index (κ2) is 6.88. The van der Waals surface area contributed by atoms with Gasteiger partial charge in [0, 0.05) is 12.6 Å². The van der Waals surface area contributed by atoms with E-state index in [-0.39, 0.29) is 16.5 Å². The molecule has 2 aromatic rings. The summed E-state index contributed by atoms with van der Waals surface area (Å²) in [6.45, 7) is 2.63. The number of carbonyl (C=O) groups excluding carboxylic acids is 1. The Morgan fingerprint density at radius 1 is 1.52 bits per heavy atom. The van der Waals surface area contributed by atoms with Gasteiger partial charge in [-0.3, -0.25) is 10.1 Å². The van der Waals surface area contributed by atoms with Crippen molar-refractivity contribution in [2.45, 2.75) is 32.9 Å². The smallest absolute Gasteiger partial charge is 0.348 e. The van der Waals surface area contributed by atoms with Crippen molar-refractivity contribution < 1.29 is 14.5 Å². The lowest BCUT2D eigenvalue weighted by atomic mass is 10.3. The standard InChI is InChI=1S/C11H13N5O4S/c1-2-3-6-15-9(12-13-14-15)7-20-11(17)8-4-5-10(21-8)16(18)19/h4-5H,2-3,6-7H2,1H3. The van der Waals surface area contributed by atoms with Crippen LogP contribution in [0.4, 0.5) is 5.00 Å². The predicted octanol–water partition coefficient (Wildman–Crippen LogP) is 1.80. The normalized spacial score (nSPS) is 10.5. The molecule has 9 nitrogen and oxygen atoms in total. The number of rotatable bonds is 7. The number of carbonyl (C=O) groups is 1. The summed E-state index contributed by atoms with van der Waals surface area (Å²) in [5, 5.41) is 21.6. The summed E-state index contributed by atoms with van der Waals surface area (Å²) in [4.78, 5) is 22.0. The molecule has 0 saturated carbocycles. The Morgan fingerprint density at radius 3 is 3.00 bits per heavy atom. The van der Waals surface area contributed by atoms with Crippen molar-refractivity contribution in [3.8, 4) is 0 Å². The Balaban J connectivity index is 1.94. The minimum absolute atomic E-state index is 0.0682. The van der Waals surface area contributed by atoms with Gasteiger partial charge in [0.25, 0.3) is 0 Å². The Kier molecular flexibility index (Phi) is 4.93. The van der Waals surface area contributed by atoms with E-state index in [2.05, 4.69) is 15.5 Å². The van der Waals surface area contributed by atoms with Gasteiger partial charge in [-0.1, -0.05) is 24.7 Å². The second-order valence-electron chi connectivity index (χ2n) is 4.14. The first-order chi connectivity index (χ1) is 10.1. The molecule has 0 aliphatic rings. The van der Waals surface area contributed by atoms with E-state index >= 15 is 0 Å². The summed E-state index contributed by atoms with van der Waals surface area (Å²) in [6.07, 6.45) is 1.92. The molecule has 2 rings (SSSR count). The van der Waals surface area contributed by atoms with Crippen molar-refractivity contribution in [3.05, 3.63) is 32.9 Å². The highest BCUT2D eigenvalue weighted by atomic mass is 32.1. The lowest BCUT2D eigenvalue weighted by Crippen LogP contribution is -2.10. The van der Waals surface area contributed by atoms with Crippen molar-refractivity contribution in [3.63, 3.8) is 0 Å². The Morgan fingerprint density at radius 2 is 2.33 bits per heavy atom. The number of nitro groups is 1. The minimum atomic E-state index is -0.627. The molecule has 0 fully saturated rings. The largest absolute Gasteiger partial charge is 0.453 e. The average Bonchev–Trinajstić information content (AvgIpc) is 3.11. The van der Waals surface area contributed by atoms with E-state index in [1.165, 1.54) is 12.1 Å². The first-order valence-corrected chi connectivity index (χ1v) is 7.10. The van der Waals surface area contributed by atoms with Gasteiger partial charge >= 0.3 is 11.0 Å². The molecule has 0 spiro atoms. The molecule has 0 radical (unpaired) electrons. The minimum Gasteiger partial charge on any atom is -0.453 e. The monoisotopic (exact) mass is 311 g/mol. The van der Waals surface area contributed by atoms with Gasteiger partial charge in [-0.05, 0) is 22.9 Å². The van der Waals surface area contributed by atoms with Crippen LogP contribution in [0.2, 0.25) is 0 Å². The van der Waals surface area contributed by atoms with Gasteiger partial charge in [-0.2, -0.15) is 0 Å². The molecule has 0 aromatic carbocycles. The van der Waals surface area contributed by atoms with Crippen LogP contribution >= 0.6 is 11.3 Å². The molecule has 21 heavy (non-hydrogen) atoms. The van der Waals surface area contributed by atoms with Crippen LogP contribution < -0.4 is 0 Å². The molecule has 2 heterocycles. The molecule has 0 aliphatic heterocycles. The molecular formula is C11H13N5O4S. The number of tetrazole rings is 1. The molecule has 0 saturated heterocycles. The van der Waals surface area contributed by atoms with Crippen LogP contribution in [0.15, 0.2) is 12.1 Å². The SMILES string of the molecule is CCCCn1nnnc1COC(=O)c1ccc([N+](=O)[O-])s1. The molecule has 10 heteroatoms. The summed E-state index contributed by atoms with van der Waals surface area (Å²) < 4.78 is 6.65. The molecule has 0 N–H and O–H groups in total. The topological polar surface area (TPSA) is 113 Å². The van der Waals surface area contributed by atoms with E-state index in [9.17, 15) is 14.9 Å². The Hall–Kier alpha value is -2.36. The number of ether oxygens (including phenoxy) is 1. The van der Waals surface area contributed by atoms with Crippen molar-refractivity contribution >= 4 is 22.3 Å². The zero-order chi connectivity index (χ0) is 15.2. The van der Waals surface area contributed by atoms with Crippen molar-refractivity contribution in [1.29, 1.82) is 0 Å². The summed E-state index contributed by atoms with van der Waals surface area (Å²) >= 11 is 0.772. The number of nitrogens with zero attached hydrogens (tertiary/aromatic N) is 5. The highest BCUT2D eigenvalue weighted by molar-refractivity contribution is 7.17. The summed E-state index contributed by atoms with van der Waals surface area (Å²) in [7, 11) is 0. The van der Waals surface area contributed by atoms with Crippen molar-refractivity contribution in [1.82, 2.24) is 20.2 Å². The zero-order valence-corrected chi connectivity index (χ0v) is 12.1. The molecule has 0 amide bonds. The maximum Gasteiger partial charge on any atom is 0.348 e. The average molecular weight is 311 g/mol. The fourth-order valence-electron chi connectivity index (χ4n) is 1.54. The maximum atomic E-state index is 11.8. The van der Waals surface area contributed by atoms with Crippen LogP contribution in [-0.2, 0) is 17.9 Å². The first kappa shape index (κ1) is 15.0. The van der Waals surface area contributed by atoms with Crippen LogP contribution in [0.5, 0.6) is 0 Å². The van der Waals surface area contributed by atoms with Gasteiger partial charge in [-0.25, -0.2) is 9.48 Å². The molecule has 2 aromatic heterocycles. The number of unbranched alkanes of at least 4 members (excludes halogenated alkanes) is 1. The van der Waals surface area contributed by atoms with Crippen molar-refractivity contribution in [2.75, 3.05) is 0 Å². The van der Waals surface area contributed by atoms with E-state index < -0.39 is 10.9 Å². The Bertz CT molecular complexity index is 638. The second-order valence-corrected chi connectivity index (χ2v) is 5.21. The molecule has 0 bridgehead atoms. The van der Waals surface area contributed by atoms with E-state index in [1.807, 2.05) is 6.92 Å². The fraction of sp³-hybridized carbons (Fsp3) is 0.455. The van der Waals surface area contributed by atoms with E-state index in [4.69, 9.17) is 4.74 Å². The van der Waals surface area contributed by atoms with Crippen LogP contribution in [0, 0.1) is 10.1 Å². The van der Waals surface area contributed by atoms with Gasteiger partial charge in [-0.15, -0.1) is 5.10 Å². The quantitative estimate of drug-likeness (QED) is 0.435. The number of hydrogen-bond acceptors (Lipinski definition) is 8. The number of aryl methyl sites for hydroxylation is 1. The number of hydrogen-bond donors (Lipinski definition) is 0. The van der Waals surface area contributed by atoms with Crippen LogP contribution in [0.3, 0.4) is 0 Å². The lowest BCUT2D eigenvalue weighted by Gasteiger charge is -2.04. The van der Waals surface area contributed by atoms with Gasteiger partial charge in [0.2, 0.25) is 0 Å². The Labute approximate surface area is 123 Å². The molecule has 0 unspecified atom stereocenters. The maximum absolute atomic E-state index is 11.8. The third kappa shape index (κ3) is 3.81. The van der Waals surface area contributed by atoms with Crippen molar-refractivity contribution in [2.24, 2.45) is 0 Å². The summed E-state index contributed by atoms with van der Waals surface area (Å²) in [5.74, 6) is -0.180. The van der Waals surface area contributed by atoms with Gasteiger partial charge in [0.15, 0.2) is 12.4 Å². The fourth-order valence-corrected chi connectivity index (χ4v) is 2.26. The van der Waals surface area contributed by atoms with Gasteiger partial charge < -0.3 is 4.74 Å². The number of aromatic nitrogens is 4. The van der Waals surface area contributed by atoms with Gasteiger partial charge in [0.05, 0.1) is 4.92 Å². The molecular weight excluding hydrogens is 298 g/mol. The molecule has 0 aliphatic carbocycles. The number of esters is 1. The third-order valence-electron chi connectivity index (χ3n) is 2.63. The predicted molar refractivity (Wildman–Crippen MR) is 72.8 cm³/mol. The lowest BCUT2D eigenvalue weighted by molar-refractivity contribution is -0.380. The van der Waals surface area contributed by atoms with Gasteiger partial charge in [0.1, 0.15) is 4.88 Å².